The fraction of sp³-hybridized carbons (Fsp3) is 0.238. The van der Waals surface area contributed by atoms with Crippen LogP contribution in [0.3, 0.4) is 0 Å². The summed E-state index contributed by atoms with van der Waals surface area (Å²) in [6.45, 7) is 2.03. The second kappa shape index (κ2) is 7.97. The first kappa shape index (κ1) is 19.6. The van der Waals surface area contributed by atoms with Crippen molar-refractivity contribution in [2.75, 3.05) is 13.6 Å². The van der Waals surface area contributed by atoms with Gasteiger partial charge in [0.25, 0.3) is 0 Å². The molecule has 2 heterocycles. The van der Waals surface area contributed by atoms with Gasteiger partial charge in [-0.15, -0.1) is 11.3 Å². The Morgan fingerprint density at radius 3 is 2.79 bits per heavy atom. The van der Waals surface area contributed by atoms with Crippen molar-refractivity contribution in [2.24, 2.45) is 0 Å². The number of hydrogen-bond donors (Lipinski definition) is 1. The number of nitrogens with zero attached hydrogens (tertiary/aromatic N) is 1. The Hall–Kier alpha value is -1.70. The molecule has 1 aliphatic rings. The van der Waals surface area contributed by atoms with Crippen molar-refractivity contribution in [3.05, 3.63) is 74.5 Å². The van der Waals surface area contributed by atoms with Crippen molar-refractivity contribution in [1.82, 2.24) is 9.62 Å². The summed E-state index contributed by atoms with van der Waals surface area (Å²) in [6.07, 6.45) is 2.57. The maximum atomic E-state index is 12.4. The third-order valence-corrected chi connectivity index (χ3v) is 7.66. The van der Waals surface area contributed by atoms with E-state index in [1.165, 1.54) is 21.9 Å². The molecule has 0 unspecified atom stereocenters. The van der Waals surface area contributed by atoms with Gasteiger partial charge in [0.05, 0.1) is 9.72 Å². The molecule has 3 aromatic rings. The van der Waals surface area contributed by atoms with Crippen molar-refractivity contribution >= 4 is 49.1 Å². The van der Waals surface area contributed by atoms with Gasteiger partial charge in [-0.3, -0.25) is 0 Å². The van der Waals surface area contributed by atoms with Crippen LogP contribution in [-0.4, -0.2) is 26.9 Å². The van der Waals surface area contributed by atoms with Crippen LogP contribution in [0.4, 0.5) is 0 Å². The molecule has 0 fully saturated rings. The first-order chi connectivity index (χ1) is 13.4. The molecule has 0 saturated carbocycles. The second-order valence-corrected chi connectivity index (χ2v) is 10.1. The SMILES string of the molecule is CN1CCc2ccc(Cl)c3sc(CNS(=O)(=O)/C=C/c4ccccc4)c(c23)C1. The van der Waals surface area contributed by atoms with E-state index < -0.39 is 10.0 Å². The summed E-state index contributed by atoms with van der Waals surface area (Å²) in [5.41, 5.74) is 3.32. The summed E-state index contributed by atoms with van der Waals surface area (Å²) < 4.78 is 28.7. The van der Waals surface area contributed by atoms with Crippen LogP contribution >= 0.6 is 22.9 Å². The van der Waals surface area contributed by atoms with Crippen molar-refractivity contribution in [3.63, 3.8) is 0 Å². The maximum Gasteiger partial charge on any atom is 0.234 e. The molecule has 4 nitrogen and oxygen atoms in total. The molecule has 1 aromatic heterocycles. The molecule has 0 saturated heterocycles. The van der Waals surface area contributed by atoms with E-state index in [1.807, 2.05) is 36.4 Å². The van der Waals surface area contributed by atoms with E-state index in [1.54, 1.807) is 17.4 Å². The van der Waals surface area contributed by atoms with Crippen LogP contribution < -0.4 is 4.72 Å². The van der Waals surface area contributed by atoms with E-state index in [9.17, 15) is 8.42 Å². The minimum atomic E-state index is -3.54. The monoisotopic (exact) mass is 432 g/mol. The lowest BCUT2D eigenvalue weighted by Gasteiger charge is -2.14. The number of halogens is 1. The molecule has 4 rings (SSSR count). The molecule has 0 amide bonds. The van der Waals surface area contributed by atoms with E-state index in [2.05, 4.69) is 22.7 Å². The van der Waals surface area contributed by atoms with Gasteiger partial charge in [-0.2, -0.15) is 0 Å². The highest BCUT2D eigenvalue weighted by Crippen LogP contribution is 2.40. The molecule has 28 heavy (non-hydrogen) atoms. The van der Waals surface area contributed by atoms with E-state index in [4.69, 9.17) is 11.6 Å². The first-order valence-electron chi connectivity index (χ1n) is 9.06. The van der Waals surface area contributed by atoms with Gasteiger partial charge in [0.1, 0.15) is 0 Å². The van der Waals surface area contributed by atoms with Crippen molar-refractivity contribution in [3.8, 4) is 0 Å². The number of thiophene rings is 1. The molecule has 2 aromatic carbocycles. The molecule has 7 heteroatoms. The highest BCUT2D eigenvalue weighted by Gasteiger charge is 2.22. The first-order valence-corrected chi connectivity index (χ1v) is 11.8. The van der Waals surface area contributed by atoms with Crippen LogP contribution in [0.15, 0.2) is 47.9 Å². The lowest BCUT2D eigenvalue weighted by atomic mass is 10.0. The van der Waals surface area contributed by atoms with Gasteiger partial charge in [0.2, 0.25) is 10.0 Å². The maximum absolute atomic E-state index is 12.4. The van der Waals surface area contributed by atoms with Crippen LogP contribution in [-0.2, 0) is 29.5 Å². The third-order valence-electron chi connectivity index (χ3n) is 4.92. The summed E-state index contributed by atoms with van der Waals surface area (Å²) in [5.74, 6) is 0. The molecule has 0 aliphatic carbocycles. The molecule has 0 bridgehead atoms. The summed E-state index contributed by atoms with van der Waals surface area (Å²) in [7, 11) is -1.44. The van der Waals surface area contributed by atoms with Gasteiger partial charge in [0.15, 0.2) is 0 Å². The van der Waals surface area contributed by atoms with Gasteiger partial charge in [0, 0.05) is 35.3 Å². The molecular formula is C21H21ClN2O2S2. The van der Waals surface area contributed by atoms with Crippen LogP contribution in [0.2, 0.25) is 5.02 Å². The molecule has 1 aliphatic heterocycles. The van der Waals surface area contributed by atoms with Gasteiger partial charge < -0.3 is 4.90 Å². The Morgan fingerprint density at radius 1 is 1.21 bits per heavy atom. The molecule has 0 radical (unpaired) electrons. The lowest BCUT2D eigenvalue weighted by Crippen LogP contribution is -2.22. The Bertz CT molecular complexity index is 1140. The summed E-state index contributed by atoms with van der Waals surface area (Å²) in [5, 5.41) is 3.15. The minimum absolute atomic E-state index is 0.264. The average molecular weight is 433 g/mol. The summed E-state index contributed by atoms with van der Waals surface area (Å²) in [4.78, 5) is 3.29. The highest BCUT2D eigenvalue weighted by molar-refractivity contribution is 7.92. The quantitative estimate of drug-likeness (QED) is 0.639. The second-order valence-electron chi connectivity index (χ2n) is 6.98. The highest BCUT2D eigenvalue weighted by atomic mass is 35.5. The molecule has 0 atom stereocenters. The summed E-state index contributed by atoms with van der Waals surface area (Å²) >= 11 is 8.03. The number of likely N-dealkylation sites (N-methyl/N-ethyl adjacent to an activating group) is 1. The van der Waals surface area contributed by atoms with Crippen LogP contribution in [0.5, 0.6) is 0 Å². The Morgan fingerprint density at radius 2 is 2.00 bits per heavy atom. The van der Waals surface area contributed by atoms with Crippen molar-refractivity contribution in [1.29, 1.82) is 0 Å². The Balaban J connectivity index is 1.61. The zero-order valence-electron chi connectivity index (χ0n) is 15.5. The van der Waals surface area contributed by atoms with Crippen molar-refractivity contribution in [2.45, 2.75) is 19.5 Å². The van der Waals surface area contributed by atoms with E-state index in [0.29, 0.717) is 0 Å². The number of benzene rings is 2. The lowest BCUT2D eigenvalue weighted by molar-refractivity contribution is 0.336. The fourth-order valence-corrected chi connectivity index (χ4v) is 5.82. The predicted octanol–water partition coefficient (Wildman–Crippen LogP) is 4.63. The zero-order chi connectivity index (χ0) is 19.7. The average Bonchev–Trinajstić information content (AvgIpc) is 2.95. The number of hydrogen-bond acceptors (Lipinski definition) is 4. The van der Waals surface area contributed by atoms with Gasteiger partial charge >= 0.3 is 0 Å². The number of nitrogens with one attached hydrogen (secondary N) is 1. The van der Waals surface area contributed by atoms with Gasteiger partial charge in [-0.05, 0) is 42.3 Å². The molecule has 0 spiro atoms. The van der Waals surface area contributed by atoms with Crippen molar-refractivity contribution < 1.29 is 8.42 Å². The predicted molar refractivity (Wildman–Crippen MR) is 118 cm³/mol. The van der Waals surface area contributed by atoms with E-state index in [0.717, 1.165) is 39.7 Å². The number of rotatable bonds is 5. The van der Waals surface area contributed by atoms with Gasteiger partial charge in [-0.25, -0.2) is 13.1 Å². The van der Waals surface area contributed by atoms with Crippen LogP contribution in [0.25, 0.3) is 16.2 Å². The number of sulfonamides is 1. The minimum Gasteiger partial charge on any atom is -0.302 e. The van der Waals surface area contributed by atoms with E-state index in [-0.39, 0.29) is 6.54 Å². The topological polar surface area (TPSA) is 49.4 Å². The smallest absolute Gasteiger partial charge is 0.234 e. The Labute approximate surface area is 174 Å². The standard InChI is InChI=1S/C21H21ClN2O2S2/c1-24-11-9-16-7-8-18(22)21-20(16)17(14-24)19(27-21)13-23-28(25,26)12-10-15-5-3-2-4-6-15/h2-8,10,12,23H,9,11,13-14H2,1H3/b12-10+. The third kappa shape index (κ3) is 4.16. The molecule has 1 N–H and O–H groups in total. The Kier molecular flexibility index (Phi) is 5.58. The zero-order valence-corrected chi connectivity index (χ0v) is 17.9. The molecular weight excluding hydrogens is 412 g/mol. The fourth-order valence-electron chi connectivity index (χ4n) is 3.48. The molecule has 146 valence electrons. The summed E-state index contributed by atoms with van der Waals surface area (Å²) in [6, 6.07) is 13.4. The van der Waals surface area contributed by atoms with E-state index >= 15 is 0 Å². The van der Waals surface area contributed by atoms with Crippen LogP contribution in [0.1, 0.15) is 21.6 Å². The van der Waals surface area contributed by atoms with Crippen LogP contribution in [0, 0.1) is 0 Å². The normalized spacial score (nSPS) is 15.4. The largest absolute Gasteiger partial charge is 0.302 e. The van der Waals surface area contributed by atoms with Gasteiger partial charge in [-0.1, -0.05) is 48.0 Å².